The zero-order chi connectivity index (χ0) is 26.6. The van der Waals surface area contributed by atoms with Gasteiger partial charge >= 0.3 is 0 Å². The van der Waals surface area contributed by atoms with Crippen molar-refractivity contribution in [1.29, 1.82) is 0 Å². The number of halogens is 2. The largest absolute Gasteiger partial charge is 0.489 e. The summed E-state index contributed by atoms with van der Waals surface area (Å²) in [6.07, 6.45) is 3.91. The summed E-state index contributed by atoms with van der Waals surface area (Å²) in [7, 11) is 0. The molecule has 1 aliphatic heterocycles. The van der Waals surface area contributed by atoms with Crippen LogP contribution < -0.4 is 15.0 Å². The molecule has 192 valence electrons. The lowest BCUT2D eigenvalue weighted by atomic mass is 9.84. The molecule has 4 rings (SSSR count). The molecule has 0 aliphatic carbocycles. The van der Waals surface area contributed by atoms with E-state index in [-0.39, 0.29) is 11.3 Å². The second-order valence-electron chi connectivity index (χ2n) is 9.95. The summed E-state index contributed by atoms with van der Waals surface area (Å²) < 4.78 is 5.95. The second kappa shape index (κ2) is 11.4. The highest BCUT2D eigenvalue weighted by Gasteiger charge is 2.32. The number of allylic oxidation sites excluding steroid dienone is 1. The van der Waals surface area contributed by atoms with Crippen LogP contribution in [0.3, 0.4) is 0 Å². The van der Waals surface area contributed by atoms with Gasteiger partial charge in [-0.05, 0) is 47.7 Å². The third-order valence-corrected chi connectivity index (χ3v) is 6.96. The monoisotopic (exact) mass is 536 g/mol. The topological polar surface area (TPSA) is 58.6 Å². The number of anilines is 2. The van der Waals surface area contributed by atoms with Crippen molar-refractivity contribution < 1.29 is 14.3 Å². The number of ether oxygens (including phenoxy) is 1. The number of carbonyl (C=O) groups excluding carboxylic acids is 2. The Morgan fingerprint density at radius 2 is 1.70 bits per heavy atom. The Morgan fingerprint density at radius 3 is 2.35 bits per heavy atom. The lowest BCUT2D eigenvalue weighted by Crippen LogP contribution is -2.32. The number of para-hydroxylation sites is 2. The molecule has 1 atom stereocenters. The Bertz CT molecular complexity index is 1300. The van der Waals surface area contributed by atoms with E-state index >= 15 is 0 Å². The van der Waals surface area contributed by atoms with Crippen LogP contribution in [0.15, 0.2) is 78.5 Å². The average molecular weight is 537 g/mol. The van der Waals surface area contributed by atoms with Crippen LogP contribution in [0, 0.1) is 5.41 Å². The van der Waals surface area contributed by atoms with E-state index in [2.05, 4.69) is 5.32 Å². The SMILES string of the molecule is CC(=O)N1c2ccccc2NC(CC(C)(C)CC=O)=CC1c1c(Cl)cc(OCc2ccccc2)cc1Cl. The number of hydrogen-bond donors (Lipinski definition) is 1. The Morgan fingerprint density at radius 1 is 1.05 bits per heavy atom. The molecule has 1 aliphatic rings. The van der Waals surface area contributed by atoms with Gasteiger partial charge in [-0.1, -0.05) is 79.5 Å². The summed E-state index contributed by atoms with van der Waals surface area (Å²) in [5, 5.41) is 4.28. The van der Waals surface area contributed by atoms with Crippen LogP contribution in [-0.4, -0.2) is 12.2 Å². The number of carbonyl (C=O) groups is 2. The van der Waals surface area contributed by atoms with Crippen molar-refractivity contribution in [3.8, 4) is 5.75 Å². The molecular weight excluding hydrogens is 507 g/mol. The van der Waals surface area contributed by atoms with Crippen molar-refractivity contribution in [2.45, 2.75) is 46.3 Å². The van der Waals surface area contributed by atoms with Gasteiger partial charge in [0.2, 0.25) is 5.91 Å². The summed E-state index contributed by atoms with van der Waals surface area (Å²) in [6.45, 7) is 5.98. The van der Waals surface area contributed by atoms with Crippen LogP contribution >= 0.6 is 23.2 Å². The molecule has 1 unspecified atom stereocenters. The molecule has 1 amide bonds. The highest BCUT2D eigenvalue weighted by atomic mass is 35.5. The molecule has 0 spiro atoms. The summed E-state index contributed by atoms with van der Waals surface area (Å²) >= 11 is 13.7. The van der Waals surface area contributed by atoms with Gasteiger partial charge in [0.05, 0.1) is 27.5 Å². The summed E-state index contributed by atoms with van der Waals surface area (Å²) in [6, 6.07) is 20.3. The minimum atomic E-state index is -0.571. The van der Waals surface area contributed by atoms with Crippen molar-refractivity contribution in [3.05, 3.63) is 99.7 Å². The first-order chi connectivity index (χ1) is 17.7. The lowest BCUT2D eigenvalue weighted by Gasteiger charge is -2.30. The highest BCUT2D eigenvalue weighted by Crippen LogP contribution is 2.45. The molecule has 37 heavy (non-hydrogen) atoms. The van der Waals surface area contributed by atoms with Crippen molar-refractivity contribution >= 4 is 46.8 Å². The van der Waals surface area contributed by atoms with Gasteiger partial charge in [0.15, 0.2) is 0 Å². The van der Waals surface area contributed by atoms with Crippen LogP contribution in [0.2, 0.25) is 10.0 Å². The van der Waals surface area contributed by atoms with Crippen LogP contribution in [0.5, 0.6) is 5.75 Å². The van der Waals surface area contributed by atoms with Crippen molar-refractivity contribution in [2.24, 2.45) is 5.41 Å². The zero-order valence-electron chi connectivity index (χ0n) is 21.1. The standard InChI is InChI=1S/C30H30Cl2N2O3/c1-20(36)34-27-12-8-7-11-26(27)33-22(18-30(2,3)13-14-35)15-28(34)29-24(31)16-23(17-25(29)32)37-19-21-9-5-4-6-10-21/h4-12,14-17,28,33H,13,18-19H2,1-3H3. The minimum absolute atomic E-state index is 0.152. The molecule has 3 aromatic carbocycles. The van der Waals surface area contributed by atoms with Crippen molar-refractivity contribution in [3.63, 3.8) is 0 Å². The van der Waals surface area contributed by atoms with Gasteiger partial charge in [0.25, 0.3) is 0 Å². The van der Waals surface area contributed by atoms with Gasteiger partial charge < -0.3 is 14.8 Å². The normalized spacial score (nSPS) is 15.2. The van der Waals surface area contributed by atoms with Crippen LogP contribution in [0.25, 0.3) is 0 Å². The number of hydrogen-bond acceptors (Lipinski definition) is 4. The molecule has 5 nitrogen and oxygen atoms in total. The molecule has 0 saturated carbocycles. The number of rotatable bonds is 8. The number of nitrogens with one attached hydrogen (secondary N) is 1. The molecule has 3 aromatic rings. The van der Waals surface area contributed by atoms with Crippen molar-refractivity contribution in [1.82, 2.24) is 0 Å². The fourth-order valence-corrected chi connectivity index (χ4v) is 5.27. The molecule has 0 aromatic heterocycles. The number of fused-ring (bicyclic) bond motifs is 1. The van der Waals surface area contributed by atoms with Gasteiger partial charge in [-0.3, -0.25) is 9.69 Å². The maximum atomic E-state index is 13.1. The number of benzene rings is 3. The molecule has 0 bridgehead atoms. The number of nitrogens with zero attached hydrogens (tertiary/aromatic N) is 1. The average Bonchev–Trinajstić information content (AvgIpc) is 2.99. The van der Waals surface area contributed by atoms with Gasteiger partial charge in [0, 0.05) is 24.6 Å². The maximum absolute atomic E-state index is 13.1. The summed E-state index contributed by atoms with van der Waals surface area (Å²) in [4.78, 5) is 26.0. The first-order valence-corrected chi connectivity index (χ1v) is 12.9. The zero-order valence-corrected chi connectivity index (χ0v) is 22.6. The van der Waals surface area contributed by atoms with Crippen molar-refractivity contribution in [2.75, 3.05) is 10.2 Å². The van der Waals surface area contributed by atoms with Gasteiger partial charge in [-0.2, -0.15) is 0 Å². The Hall–Kier alpha value is -3.28. The Labute approximate surface area is 228 Å². The van der Waals surface area contributed by atoms with Crippen LogP contribution in [0.1, 0.15) is 50.8 Å². The van der Waals surface area contributed by atoms with E-state index in [0.717, 1.165) is 28.9 Å². The molecular formula is C30H30Cl2N2O3. The molecule has 0 fully saturated rings. The van der Waals surface area contributed by atoms with E-state index in [1.54, 1.807) is 17.0 Å². The van der Waals surface area contributed by atoms with E-state index < -0.39 is 6.04 Å². The molecule has 1 heterocycles. The van der Waals surface area contributed by atoms with E-state index in [9.17, 15) is 9.59 Å². The minimum Gasteiger partial charge on any atom is -0.489 e. The lowest BCUT2D eigenvalue weighted by molar-refractivity contribution is -0.117. The van der Waals surface area contributed by atoms with Crippen LogP contribution in [-0.2, 0) is 16.2 Å². The smallest absolute Gasteiger partial charge is 0.224 e. The molecule has 1 N–H and O–H groups in total. The van der Waals surface area contributed by atoms with E-state index in [1.807, 2.05) is 74.5 Å². The predicted octanol–water partition coefficient (Wildman–Crippen LogP) is 7.98. The number of amides is 1. The first-order valence-electron chi connectivity index (χ1n) is 12.1. The van der Waals surface area contributed by atoms with E-state index in [1.165, 1.54) is 6.92 Å². The van der Waals surface area contributed by atoms with Gasteiger partial charge in [-0.25, -0.2) is 0 Å². The third-order valence-electron chi connectivity index (χ3n) is 6.34. The van der Waals surface area contributed by atoms with Gasteiger partial charge in [-0.15, -0.1) is 0 Å². The van der Waals surface area contributed by atoms with Crippen LogP contribution in [0.4, 0.5) is 11.4 Å². The quantitative estimate of drug-likeness (QED) is 0.296. The predicted molar refractivity (Wildman–Crippen MR) is 150 cm³/mol. The molecule has 7 heteroatoms. The second-order valence-corrected chi connectivity index (χ2v) is 10.8. The molecule has 0 radical (unpaired) electrons. The van der Waals surface area contributed by atoms with Gasteiger partial charge in [0.1, 0.15) is 18.6 Å². The fraction of sp³-hybridized carbons (Fsp3) is 0.267. The fourth-order valence-electron chi connectivity index (χ4n) is 4.58. The summed E-state index contributed by atoms with van der Waals surface area (Å²) in [5.41, 5.74) is 3.74. The first kappa shape index (κ1) is 26.8. The Balaban J connectivity index is 1.77. The van der Waals surface area contributed by atoms with E-state index in [4.69, 9.17) is 27.9 Å². The highest BCUT2D eigenvalue weighted by molar-refractivity contribution is 6.36. The molecule has 0 saturated heterocycles. The Kier molecular flexibility index (Phi) is 8.25. The summed E-state index contributed by atoms with van der Waals surface area (Å²) in [5.74, 6) is 0.390. The maximum Gasteiger partial charge on any atom is 0.224 e. The third kappa shape index (κ3) is 6.35. The van der Waals surface area contributed by atoms with E-state index in [0.29, 0.717) is 40.8 Å². The number of aldehydes is 1.